The van der Waals surface area contributed by atoms with E-state index in [0.717, 1.165) is 37.2 Å². The lowest BCUT2D eigenvalue weighted by molar-refractivity contribution is -0.00844. The Morgan fingerprint density at radius 3 is 2.94 bits per heavy atom. The number of nitrogens with one attached hydrogen (secondary N) is 1. The minimum atomic E-state index is -0.322. The minimum absolute atomic E-state index is 0.0895. The van der Waals surface area contributed by atoms with Gasteiger partial charge in [0.1, 0.15) is 11.4 Å². The highest BCUT2D eigenvalue weighted by atomic mass is 16.5. The number of fused-ring (bicyclic) bond motifs is 1. The van der Waals surface area contributed by atoms with Crippen molar-refractivity contribution in [3.05, 3.63) is 17.2 Å². The maximum Gasteiger partial charge on any atom is 0.138 e. The smallest absolute Gasteiger partial charge is 0.138 e. The molecular formula is C12H21N3O. The molecule has 4 nitrogen and oxygen atoms in total. The van der Waals surface area contributed by atoms with Crippen molar-refractivity contribution in [1.29, 1.82) is 0 Å². The molecule has 1 aliphatic rings. The molecule has 1 aliphatic carbocycles. The molecule has 0 saturated carbocycles. The fraction of sp³-hybridized carbons (Fsp3) is 0.750. The number of aromatic nitrogens is 2. The van der Waals surface area contributed by atoms with Gasteiger partial charge in [-0.1, -0.05) is 6.92 Å². The van der Waals surface area contributed by atoms with Crippen LogP contribution in [0.3, 0.4) is 0 Å². The summed E-state index contributed by atoms with van der Waals surface area (Å²) in [5.41, 5.74) is 7.98. The van der Waals surface area contributed by atoms with Gasteiger partial charge < -0.3 is 15.5 Å². The van der Waals surface area contributed by atoms with Crippen LogP contribution in [-0.2, 0) is 16.8 Å². The molecule has 1 heterocycles. The Bertz CT molecular complexity index is 368. The molecule has 0 fully saturated rings. The predicted molar refractivity (Wildman–Crippen MR) is 63.1 cm³/mol. The van der Waals surface area contributed by atoms with Crippen molar-refractivity contribution in [2.45, 2.75) is 51.2 Å². The van der Waals surface area contributed by atoms with Crippen LogP contribution in [0, 0.1) is 0 Å². The summed E-state index contributed by atoms with van der Waals surface area (Å²) in [7, 11) is 1.73. The van der Waals surface area contributed by atoms with Gasteiger partial charge in [0.05, 0.1) is 5.69 Å². The lowest BCUT2D eigenvalue weighted by Gasteiger charge is -2.23. The standard InChI is InChI=1S/C12H21N3O/c1-4-12(2,16-3)11-14-9-7-5-6-8(13)10(9)15-11/h8H,4-7,13H2,1-3H3,(H,14,15). The largest absolute Gasteiger partial charge is 0.371 e. The van der Waals surface area contributed by atoms with Crippen LogP contribution in [0.2, 0.25) is 0 Å². The van der Waals surface area contributed by atoms with Crippen molar-refractivity contribution < 1.29 is 4.74 Å². The summed E-state index contributed by atoms with van der Waals surface area (Å²) in [5, 5.41) is 0. The maximum atomic E-state index is 6.06. The van der Waals surface area contributed by atoms with Gasteiger partial charge in [-0.25, -0.2) is 4.98 Å². The van der Waals surface area contributed by atoms with Crippen molar-refractivity contribution in [3.63, 3.8) is 0 Å². The highest BCUT2D eigenvalue weighted by Gasteiger charge is 2.31. The van der Waals surface area contributed by atoms with Gasteiger partial charge in [0.15, 0.2) is 0 Å². The Hall–Kier alpha value is -0.870. The van der Waals surface area contributed by atoms with Crippen molar-refractivity contribution in [1.82, 2.24) is 9.97 Å². The first-order chi connectivity index (χ1) is 7.60. The van der Waals surface area contributed by atoms with Crippen molar-refractivity contribution in [3.8, 4) is 0 Å². The molecule has 2 atom stereocenters. The van der Waals surface area contributed by atoms with Crippen LogP contribution >= 0.6 is 0 Å². The number of hydrogen-bond donors (Lipinski definition) is 2. The molecule has 0 saturated heterocycles. The number of ether oxygens (including phenoxy) is 1. The van der Waals surface area contributed by atoms with E-state index >= 15 is 0 Å². The number of hydrogen-bond acceptors (Lipinski definition) is 3. The van der Waals surface area contributed by atoms with E-state index in [0.29, 0.717) is 0 Å². The summed E-state index contributed by atoms with van der Waals surface area (Å²) in [6.45, 7) is 4.16. The summed E-state index contributed by atoms with van der Waals surface area (Å²) < 4.78 is 5.55. The van der Waals surface area contributed by atoms with Crippen LogP contribution in [0.5, 0.6) is 0 Å². The second kappa shape index (κ2) is 4.18. The first-order valence-corrected chi connectivity index (χ1v) is 6.00. The summed E-state index contributed by atoms with van der Waals surface area (Å²) >= 11 is 0. The average Bonchev–Trinajstić information content (AvgIpc) is 2.74. The summed E-state index contributed by atoms with van der Waals surface area (Å²) in [6.07, 6.45) is 4.13. The van der Waals surface area contributed by atoms with Gasteiger partial charge in [0.25, 0.3) is 0 Å². The monoisotopic (exact) mass is 223 g/mol. The third kappa shape index (κ3) is 1.76. The lowest BCUT2D eigenvalue weighted by atomic mass is 9.97. The van der Waals surface area contributed by atoms with Crippen molar-refractivity contribution in [2.24, 2.45) is 5.73 Å². The van der Waals surface area contributed by atoms with E-state index in [-0.39, 0.29) is 11.6 Å². The van der Waals surface area contributed by atoms with Crippen LogP contribution in [0.4, 0.5) is 0 Å². The fourth-order valence-electron chi connectivity index (χ4n) is 2.21. The Balaban J connectivity index is 2.37. The molecule has 3 N–H and O–H groups in total. The number of aryl methyl sites for hydroxylation is 1. The Morgan fingerprint density at radius 2 is 2.38 bits per heavy atom. The zero-order valence-corrected chi connectivity index (χ0v) is 10.3. The molecule has 2 rings (SSSR count). The molecule has 90 valence electrons. The first kappa shape index (κ1) is 11.6. The van der Waals surface area contributed by atoms with Crippen LogP contribution in [-0.4, -0.2) is 17.1 Å². The van der Waals surface area contributed by atoms with Gasteiger partial charge in [0.2, 0.25) is 0 Å². The third-order valence-corrected chi connectivity index (χ3v) is 3.73. The molecule has 0 bridgehead atoms. The average molecular weight is 223 g/mol. The van der Waals surface area contributed by atoms with Crippen LogP contribution in [0.1, 0.15) is 56.4 Å². The fourth-order valence-corrected chi connectivity index (χ4v) is 2.21. The molecule has 1 aromatic rings. The molecule has 16 heavy (non-hydrogen) atoms. The van der Waals surface area contributed by atoms with Crippen molar-refractivity contribution >= 4 is 0 Å². The van der Waals surface area contributed by atoms with Crippen molar-refractivity contribution in [2.75, 3.05) is 7.11 Å². The zero-order valence-electron chi connectivity index (χ0n) is 10.3. The summed E-state index contributed by atoms with van der Waals surface area (Å²) in [4.78, 5) is 8.03. The molecule has 0 aromatic carbocycles. The molecular weight excluding hydrogens is 202 g/mol. The normalized spacial score (nSPS) is 23.9. The number of imidazole rings is 1. The topological polar surface area (TPSA) is 63.9 Å². The van der Waals surface area contributed by atoms with Crippen LogP contribution in [0.15, 0.2) is 0 Å². The van der Waals surface area contributed by atoms with E-state index in [4.69, 9.17) is 10.5 Å². The molecule has 4 heteroatoms. The van der Waals surface area contributed by atoms with Gasteiger partial charge in [-0.2, -0.15) is 0 Å². The highest BCUT2D eigenvalue weighted by molar-refractivity contribution is 5.23. The zero-order chi connectivity index (χ0) is 11.8. The molecule has 0 amide bonds. The Kier molecular flexibility index (Phi) is 3.04. The Labute approximate surface area is 96.6 Å². The SMILES string of the molecule is CCC(C)(OC)c1nc2c([nH]1)CCCC2N. The summed E-state index contributed by atoms with van der Waals surface area (Å²) in [6, 6.07) is 0.0895. The maximum absolute atomic E-state index is 6.06. The van der Waals surface area contributed by atoms with Crippen LogP contribution < -0.4 is 5.73 Å². The predicted octanol–water partition coefficient (Wildman–Crippen LogP) is 2.02. The highest BCUT2D eigenvalue weighted by Crippen LogP contribution is 2.31. The van der Waals surface area contributed by atoms with Gasteiger partial charge >= 0.3 is 0 Å². The van der Waals surface area contributed by atoms with Crippen LogP contribution in [0.25, 0.3) is 0 Å². The number of H-pyrrole nitrogens is 1. The number of aromatic amines is 1. The van der Waals surface area contributed by atoms with E-state index in [9.17, 15) is 0 Å². The van der Waals surface area contributed by atoms with E-state index in [2.05, 4.69) is 23.8 Å². The number of rotatable bonds is 3. The van der Waals surface area contributed by atoms with Gasteiger partial charge in [-0.05, 0) is 32.6 Å². The van der Waals surface area contributed by atoms with E-state index in [1.54, 1.807) is 7.11 Å². The second-order valence-corrected chi connectivity index (χ2v) is 4.74. The minimum Gasteiger partial charge on any atom is -0.371 e. The second-order valence-electron chi connectivity index (χ2n) is 4.74. The molecule has 0 spiro atoms. The number of nitrogens with zero attached hydrogens (tertiary/aromatic N) is 1. The van der Waals surface area contributed by atoms with Gasteiger partial charge in [-0.15, -0.1) is 0 Å². The molecule has 0 radical (unpaired) electrons. The molecule has 2 unspecified atom stereocenters. The molecule has 0 aliphatic heterocycles. The number of methoxy groups -OCH3 is 1. The van der Waals surface area contributed by atoms with E-state index in [1.165, 1.54) is 5.69 Å². The quantitative estimate of drug-likeness (QED) is 0.824. The van der Waals surface area contributed by atoms with E-state index in [1.807, 2.05) is 0 Å². The lowest BCUT2D eigenvalue weighted by Crippen LogP contribution is -2.25. The first-order valence-electron chi connectivity index (χ1n) is 6.00. The van der Waals surface area contributed by atoms with E-state index < -0.39 is 0 Å². The van der Waals surface area contributed by atoms with Gasteiger partial charge in [-0.3, -0.25) is 0 Å². The third-order valence-electron chi connectivity index (χ3n) is 3.73. The number of nitrogens with two attached hydrogens (primary N) is 1. The van der Waals surface area contributed by atoms with Gasteiger partial charge in [0, 0.05) is 18.8 Å². The Morgan fingerprint density at radius 1 is 1.62 bits per heavy atom. The molecule has 1 aromatic heterocycles. The summed E-state index contributed by atoms with van der Waals surface area (Å²) in [5.74, 6) is 0.917.